The summed E-state index contributed by atoms with van der Waals surface area (Å²) in [7, 11) is -3.08. The van der Waals surface area contributed by atoms with E-state index in [1.165, 1.54) is 0 Å². The van der Waals surface area contributed by atoms with Gasteiger partial charge in [-0.3, -0.25) is 0 Å². The first-order chi connectivity index (χ1) is 7.88. The maximum atomic E-state index is 11.9. The van der Waals surface area contributed by atoms with Crippen LogP contribution in [0.3, 0.4) is 0 Å². The van der Waals surface area contributed by atoms with E-state index in [0.29, 0.717) is 37.3 Å². The van der Waals surface area contributed by atoms with Crippen LogP contribution in [0.15, 0.2) is 0 Å². The van der Waals surface area contributed by atoms with Gasteiger partial charge in [0.05, 0.1) is 15.5 Å². The zero-order valence-electron chi connectivity index (χ0n) is 10.3. The first-order valence-electron chi connectivity index (χ1n) is 5.71. The number of hydrogen-bond acceptors (Lipinski definition) is 4. The van der Waals surface area contributed by atoms with Crippen LogP contribution < -0.4 is 5.73 Å². The molecule has 4 nitrogen and oxygen atoms in total. The number of thiocarbonyl (C=S) groups is 1. The molecular formula is C10H20N2O2S3. The molecule has 1 aliphatic rings. The standard InChI is InChI=1S/C10H20N2O2S3/c1-3-8-17(13,14)12-6-4-10(16-2,5-7-12)9(11)15/h3-8H2,1-2H3,(H2,11,15). The fourth-order valence-electron chi connectivity index (χ4n) is 2.06. The molecule has 0 saturated carbocycles. The number of nitrogens with zero attached hydrogens (tertiary/aromatic N) is 1. The molecule has 7 heteroatoms. The van der Waals surface area contributed by atoms with Gasteiger partial charge < -0.3 is 5.73 Å². The van der Waals surface area contributed by atoms with Gasteiger partial charge in [0.25, 0.3) is 0 Å². The van der Waals surface area contributed by atoms with E-state index in [0.717, 1.165) is 0 Å². The summed E-state index contributed by atoms with van der Waals surface area (Å²) < 4.78 is 25.2. The Labute approximate surface area is 113 Å². The molecule has 0 bridgehead atoms. The highest BCUT2D eigenvalue weighted by molar-refractivity contribution is 8.02. The van der Waals surface area contributed by atoms with Crippen LogP contribution in [0.2, 0.25) is 0 Å². The Morgan fingerprint density at radius 1 is 1.47 bits per heavy atom. The molecule has 0 radical (unpaired) electrons. The van der Waals surface area contributed by atoms with Crippen molar-refractivity contribution in [1.29, 1.82) is 0 Å². The van der Waals surface area contributed by atoms with Crippen LogP contribution in [0.25, 0.3) is 0 Å². The van der Waals surface area contributed by atoms with Crippen molar-refractivity contribution in [1.82, 2.24) is 4.31 Å². The van der Waals surface area contributed by atoms with Gasteiger partial charge in [-0.15, -0.1) is 0 Å². The molecule has 0 atom stereocenters. The van der Waals surface area contributed by atoms with Crippen molar-refractivity contribution >= 4 is 39.0 Å². The molecule has 0 aromatic carbocycles. The lowest BCUT2D eigenvalue weighted by Crippen LogP contribution is -2.51. The van der Waals surface area contributed by atoms with Gasteiger partial charge in [-0.1, -0.05) is 19.1 Å². The van der Waals surface area contributed by atoms with Crippen molar-refractivity contribution in [3.63, 3.8) is 0 Å². The minimum atomic E-state index is -3.08. The molecule has 100 valence electrons. The van der Waals surface area contributed by atoms with Gasteiger partial charge in [0.2, 0.25) is 10.0 Å². The van der Waals surface area contributed by atoms with Crippen LogP contribution in [0.4, 0.5) is 0 Å². The normalized spacial score (nSPS) is 21.3. The van der Waals surface area contributed by atoms with Gasteiger partial charge >= 0.3 is 0 Å². The SMILES string of the molecule is CCCS(=O)(=O)N1CCC(SC)(C(N)=S)CC1. The summed E-state index contributed by atoms with van der Waals surface area (Å²) in [5.74, 6) is 0.229. The van der Waals surface area contributed by atoms with Gasteiger partial charge in [0, 0.05) is 13.1 Å². The molecule has 0 amide bonds. The van der Waals surface area contributed by atoms with Gasteiger partial charge in [0.1, 0.15) is 0 Å². The molecule has 2 N–H and O–H groups in total. The van der Waals surface area contributed by atoms with E-state index in [-0.39, 0.29) is 10.5 Å². The van der Waals surface area contributed by atoms with E-state index in [9.17, 15) is 8.42 Å². The quantitative estimate of drug-likeness (QED) is 0.773. The van der Waals surface area contributed by atoms with Crippen LogP contribution in [-0.2, 0) is 10.0 Å². The summed E-state index contributed by atoms with van der Waals surface area (Å²) >= 11 is 6.74. The molecule has 0 spiro atoms. The third-order valence-corrected chi connectivity index (χ3v) is 7.23. The van der Waals surface area contributed by atoms with E-state index in [2.05, 4.69) is 0 Å². The Bertz CT molecular complexity index is 373. The number of sulfonamides is 1. The number of thioether (sulfide) groups is 1. The van der Waals surface area contributed by atoms with Crippen molar-refractivity contribution in [3.8, 4) is 0 Å². The molecule has 17 heavy (non-hydrogen) atoms. The van der Waals surface area contributed by atoms with E-state index >= 15 is 0 Å². The fourth-order valence-corrected chi connectivity index (χ4v) is 4.82. The highest BCUT2D eigenvalue weighted by Gasteiger charge is 2.39. The van der Waals surface area contributed by atoms with Crippen LogP contribution >= 0.6 is 24.0 Å². The monoisotopic (exact) mass is 296 g/mol. The number of nitrogens with two attached hydrogens (primary N) is 1. The Kier molecular flexibility index (Phi) is 5.24. The van der Waals surface area contributed by atoms with Gasteiger partial charge in [0.15, 0.2) is 0 Å². The van der Waals surface area contributed by atoms with Crippen LogP contribution in [0, 0.1) is 0 Å². The lowest BCUT2D eigenvalue weighted by Gasteiger charge is -2.39. The Morgan fingerprint density at radius 2 is 2.00 bits per heavy atom. The minimum absolute atomic E-state index is 0.215. The predicted octanol–water partition coefficient (Wildman–Crippen LogP) is 1.21. The number of hydrogen-bond donors (Lipinski definition) is 1. The topological polar surface area (TPSA) is 63.4 Å². The second kappa shape index (κ2) is 5.86. The van der Waals surface area contributed by atoms with E-state index in [4.69, 9.17) is 18.0 Å². The lowest BCUT2D eigenvalue weighted by atomic mass is 9.97. The van der Waals surface area contributed by atoms with Crippen molar-refractivity contribution in [2.45, 2.75) is 30.9 Å². The fraction of sp³-hybridized carbons (Fsp3) is 0.900. The molecule has 0 aromatic heterocycles. The average molecular weight is 296 g/mol. The minimum Gasteiger partial charge on any atom is -0.392 e. The van der Waals surface area contributed by atoms with E-state index in [1.807, 2.05) is 13.2 Å². The highest BCUT2D eigenvalue weighted by Crippen LogP contribution is 2.35. The summed E-state index contributed by atoms with van der Waals surface area (Å²) in [4.78, 5) is 0.498. The maximum absolute atomic E-state index is 11.9. The van der Waals surface area contributed by atoms with Crippen molar-refractivity contribution in [2.75, 3.05) is 25.1 Å². The zero-order chi connectivity index (χ0) is 13.1. The lowest BCUT2D eigenvalue weighted by molar-refractivity contribution is 0.333. The first kappa shape index (κ1) is 15.2. The van der Waals surface area contributed by atoms with Crippen molar-refractivity contribution in [3.05, 3.63) is 0 Å². The van der Waals surface area contributed by atoms with Crippen LogP contribution in [-0.4, -0.2) is 47.6 Å². The zero-order valence-corrected chi connectivity index (χ0v) is 12.8. The van der Waals surface area contributed by atoms with E-state index in [1.54, 1.807) is 16.1 Å². The molecule has 1 heterocycles. The number of rotatable bonds is 5. The Hall–Kier alpha value is 0.150. The molecule has 1 saturated heterocycles. The van der Waals surface area contributed by atoms with Gasteiger partial charge in [-0.2, -0.15) is 11.8 Å². The van der Waals surface area contributed by atoms with Crippen LogP contribution in [0.5, 0.6) is 0 Å². The molecular weight excluding hydrogens is 276 g/mol. The molecule has 1 fully saturated rings. The smallest absolute Gasteiger partial charge is 0.214 e. The molecule has 1 rings (SSSR count). The first-order valence-corrected chi connectivity index (χ1v) is 8.95. The summed E-state index contributed by atoms with van der Waals surface area (Å²) in [6.45, 7) is 2.93. The summed E-state index contributed by atoms with van der Waals surface area (Å²) in [6.07, 6.45) is 4.07. The van der Waals surface area contributed by atoms with Crippen molar-refractivity contribution < 1.29 is 8.42 Å². The van der Waals surface area contributed by atoms with Gasteiger partial charge in [-0.25, -0.2) is 12.7 Å². The molecule has 0 aromatic rings. The molecule has 1 aliphatic heterocycles. The summed E-state index contributed by atoms with van der Waals surface area (Å²) in [5.41, 5.74) is 5.77. The predicted molar refractivity (Wildman–Crippen MR) is 77.9 cm³/mol. The summed E-state index contributed by atoms with van der Waals surface area (Å²) in [5, 5.41) is 0. The molecule has 0 unspecified atom stereocenters. The summed E-state index contributed by atoms with van der Waals surface area (Å²) in [6, 6.07) is 0. The third kappa shape index (κ3) is 3.33. The maximum Gasteiger partial charge on any atom is 0.214 e. The second-order valence-corrected chi connectivity index (χ2v) is 8.00. The Morgan fingerprint density at radius 3 is 2.35 bits per heavy atom. The molecule has 0 aliphatic carbocycles. The largest absolute Gasteiger partial charge is 0.392 e. The van der Waals surface area contributed by atoms with Crippen molar-refractivity contribution in [2.24, 2.45) is 5.73 Å². The number of piperidine rings is 1. The average Bonchev–Trinajstić information content (AvgIpc) is 2.28. The second-order valence-electron chi connectivity index (χ2n) is 4.28. The third-order valence-electron chi connectivity index (χ3n) is 3.23. The Balaban J connectivity index is 2.71. The highest BCUT2D eigenvalue weighted by atomic mass is 32.2. The van der Waals surface area contributed by atoms with Crippen LogP contribution in [0.1, 0.15) is 26.2 Å². The van der Waals surface area contributed by atoms with E-state index < -0.39 is 10.0 Å². The van der Waals surface area contributed by atoms with Gasteiger partial charge in [-0.05, 0) is 25.5 Å².